The van der Waals surface area contributed by atoms with Crippen molar-refractivity contribution in [3.63, 3.8) is 0 Å². The number of anilines is 2. The van der Waals surface area contributed by atoms with Crippen LogP contribution in [0.3, 0.4) is 0 Å². The number of para-hydroxylation sites is 2. The molecule has 28 heavy (non-hydrogen) atoms. The van der Waals surface area contributed by atoms with E-state index in [9.17, 15) is 4.79 Å². The zero-order chi connectivity index (χ0) is 19.9. The Balaban J connectivity index is 1.67. The Morgan fingerprint density at radius 1 is 1.11 bits per heavy atom. The van der Waals surface area contributed by atoms with E-state index >= 15 is 0 Å². The van der Waals surface area contributed by atoms with Gasteiger partial charge in [0, 0.05) is 26.3 Å². The first-order chi connectivity index (χ1) is 13.6. The lowest BCUT2D eigenvalue weighted by Crippen LogP contribution is -2.38. The van der Waals surface area contributed by atoms with Crippen LogP contribution in [0.1, 0.15) is 24.4 Å². The van der Waals surface area contributed by atoms with Crippen LogP contribution in [0.4, 0.5) is 16.2 Å². The number of nitrogens with zero attached hydrogens (tertiary/aromatic N) is 2. The van der Waals surface area contributed by atoms with E-state index < -0.39 is 0 Å². The highest BCUT2D eigenvalue weighted by Gasteiger charge is 2.24. The molecule has 6 nitrogen and oxygen atoms in total. The third-order valence-corrected chi connectivity index (χ3v) is 5.19. The van der Waals surface area contributed by atoms with E-state index in [0.717, 1.165) is 13.1 Å². The van der Waals surface area contributed by atoms with Crippen molar-refractivity contribution in [3.05, 3.63) is 54.1 Å². The number of urea groups is 1. The van der Waals surface area contributed by atoms with Crippen molar-refractivity contribution >= 4 is 17.4 Å². The van der Waals surface area contributed by atoms with E-state index in [-0.39, 0.29) is 12.1 Å². The summed E-state index contributed by atoms with van der Waals surface area (Å²) in [6.45, 7) is 2.69. The average Bonchev–Trinajstić information content (AvgIpc) is 3.23. The van der Waals surface area contributed by atoms with Crippen molar-refractivity contribution in [3.8, 4) is 5.75 Å². The minimum Gasteiger partial charge on any atom is -0.495 e. The van der Waals surface area contributed by atoms with E-state index in [0.29, 0.717) is 18.0 Å². The summed E-state index contributed by atoms with van der Waals surface area (Å²) in [4.78, 5) is 17.0. The molecule has 1 heterocycles. The predicted molar refractivity (Wildman–Crippen MR) is 114 cm³/mol. The number of benzene rings is 2. The number of methoxy groups -OCH3 is 1. The SMILES string of the molecule is COc1ccccc1NC(=O)NCC(c1ccc(N(C)C)cc1)N1CCCC1. The van der Waals surface area contributed by atoms with Crippen molar-refractivity contribution in [1.29, 1.82) is 0 Å². The lowest BCUT2D eigenvalue weighted by atomic mass is 10.0. The number of ether oxygens (including phenoxy) is 1. The van der Waals surface area contributed by atoms with Crippen LogP contribution in [0, 0.1) is 0 Å². The zero-order valence-electron chi connectivity index (χ0n) is 16.9. The third kappa shape index (κ3) is 4.95. The Labute approximate surface area is 167 Å². The number of amides is 2. The Bertz CT molecular complexity index is 770. The summed E-state index contributed by atoms with van der Waals surface area (Å²) in [5, 5.41) is 5.92. The summed E-state index contributed by atoms with van der Waals surface area (Å²) in [7, 11) is 5.67. The van der Waals surface area contributed by atoms with Gasteiger partial charge >= 0.3 is 6.03 Å². The monoisotopic (exact) mass is 382 g/mol. The summed E-state index contributed by atoms with van der Waals surface area (Å²) in [6.07, 6.45) is 2.42. The lowest BCUT2D eigenvalue weighted by Gasteiger charge is -2.28. The molecule has 0 aliphatic carbocycles. The van der Waals surface area contributed by atoms with Crippen molar-refractivity contribution in [2.75, 3.05) is 51.1 Å². The summed E-state index contributed by atoms with van der Waals surface area (Å²) in [6, 6.07) is 15.9. The first kappa shape index (κ1) is 20.0. The molecule has 0 radical (unpaired) electrons. The molecule has 1 aliphatic rings. The van der Waals surface area contributed by atoms with Gasteiger partial charge in [-0.25, -0.2) is 4.79 Å². The Kier molecular flexibility index (Phi) is 6.76. The van der Waals surface area contributed by atoms with Crippen LogP contribution < -0.4 is 20.3 Å². The molecule has 0 aromatic heterocycles. The average molecular weight is 383 g/mol. The quantitative estimate of drug-likeness (QED) is 0.766. The summed E-state index contributed by atoms with van der Waals surface area (Å²) in [5.41, 5.74) is 3.06. The minimum absolute atomic E-state index is 0.169. The molecule has 2 N–H and O–H groups in total. The van der Waals surface area contributed by atoms with Gasteiger partial charge in [-0.1, -0.05) is 24.3 Å². The molecular weight excluding hydrogens is 352 g/mol. The van der Waals surface area contributed by atoms with Crippen molar-refractivity contribution < 1.29 is 9.53 Å². The van der Waals surface area contributed by atoms with Gasteiger partial charge in [-0.15, -0.1) is 0 Å². The first-order valence-electron chi connectivity index (χ1n) is 9.77. The summed E-state index contributed by atoms with van der Waals surface area (Å²) < 4.78 is 5.30. The van der Waals surface area contributed by atoms with Crippen LogP contribution in [-0.2, 0) is 0 Å². The van der Waals surface area contributed by atoms with Crippen molar-refractivity contribution in [2.24, 2.45) is 0 Å². The van der Waals surface area contributed by atoms with Crippen LogP contribution in [0.5, 0.6) is 5.75 Å². The molecule has 0 saturated carbocycles. The predicted octanol–water partition coefficient (Wildman–Crippen LogP) is 3.72. The second-order valence-electron chi connectivity index (χ2n) is 7.28. The number of hydrogen-bond donors (Lipinski definition) is 2. The molecule has 2 amide bonds. The molecule has 1 saturated heterocycles. The number of rotatable bonds is 7. The summed E-state index contributed by atoms with van der Waals surface area (Å²) in [5.74, 6) is 0.646. The molecular formula is C22H30N4O2. The number of hydrogen-bond acceptors (Lipinski definition) is 4. The standard InChI is InChI=1S/C22H30N4O2/c1-25(2)18-12-10-17(11-13-18)20(26-14-6-7-15-26)16-23-22(27)24-19-8-4-5-9-21(19)28-3/h4-5,8-13,20H,6-7,14-16H2,1-3H3,(H2,23,24,27). The molecule has 6 heteroatoms. The van der Waals surface area contributed by atoms with Gasteiger partial charge < -0.3 is 20.3 Å². The topological polar surface area (TPSA) is 56.8 Å². The van der Waals surface area contributed by atoms with Gasteiger partial charge in [0.05, 0.1) is 18.8 Å². The zero-order valence-corrected chi connectivity index (χ0v) is 16.9. The summed E-state index contributed by atoms with van der Waals surface area (Å²) >= 11 is 0. The molecule has 1 atom stereocenters. The van der Waals surface area contributed by atoms with E-state index in [4.69, 9.17) is 4.74 Å². The van der Waals surface area contributed by atoms with E-state index in [2.05, 4.69) is 44.7 Å². The smallest absolute Gasteiger partial charge is 0.319 e. The van der Waals surface area contributed by atoms with Crippen LogP contribution in [0.2, 0.25) is 0 Å². The molecule has 2 aromatic rings. The Morgan fingerprint density at radius 2 is 1.79 bits per heavy atom. The Morgan fingerprint density at radius 3 is 2.43 bits per heavy atom. The molecule has 0 spiro atoms. The number of likely N-dealkylation sites (tertiary alicyclic amines) is 1. The van der Waals surface area contributed by atoms with Gasteiger partial charge in [0.25, 0.3) is 0 Å². The molecule has 1 fully saturated rings. The van der Waals surface area contributed by atoms with Crippen molar-refractivity contribution in [1.82, 2.24) is 10.2 Å². The van der Waals surface area contributed by atoms with Crippen LogP contribution in [-0.4, -0.2) is 51.8 Å². The maximum atomic E-state index is 12.5. The molecule has 0 bridgehead atoms. The highest BCUT2D eigenvalue weighted by atomic mass is 16.5. The van der Waals surface area contributed by atoms with Gasteiger partial charge in [-0.3, -0.25) is 4.90 Å². The fourth-order valence-corrected chi connectivity index (χ4v) is 3.61. The first-order valence-corrected chi connectivity index (χ1v) is 9.77. The van der Waals surface area contributed by atoms with Gasteiger partial charge in [0.2, 0.25) is 0 Å². The third-order valence-electron chi connectivity index (χ3n) is 5.19. The lowest BCUT2D eigenvalue weighted by molar-refractivity contribution is 0.227. The minimum atomic E-state index is -0.224. The molecule has 150 valence electrons. The van der Waals surface area contributed by atoms with Gasteiger partial charge in [0.15, 0.2) is 0 Å². The molecule has 1 unspecified atom stereocenters. The normalized spacial score (nSPS) is 15.1. The second-order valence-corrected chi connectivity index (χ2v) is 7.28. The maximum absolute atomic E-state index is 12.5. The molecule has 3 rings (SSSR count). The molecule has 2 aromatic carbocycles. The fraction of sp³-hybridized carbons (Fsp3) is 0.409. The van der Waals surface area contributed by atoms with E-state index in [1.165, 1.54) is 24.1 Å². The second kappa shape index (κ2) is 9.46. The number of nitrogens with one attached hydrogen (secondary N) is 2. The maximum Gasteiger partial charge on any atom is 0.319 e. The van der Waals surface area contributed by atoms with E-state index in [1.807, 2.05) is 38.4 Å². The van der Waals surface area contributed by atoms with Gasteiger partial charge in [0.1, 0.15) is 5.75 Å². The van der Waals surface area contributed by atoms with Crippen LogP contribution in [0.15, 0.2) is 48.5 Å². The van der Waals surface area contributed by atoms with E-state index in [1.54, 1.807) is 7.11 Å². The highest BCUT2D eigenvalue weighted by Crippen LogP contribution is 2.27. The highest BCUT2D eigenvalue weighted by molar-refractivity contribution is 5.90. The number of carbonyl (C=O) groups excluding carboxylic acids is 1. The largest absolute Gasteiger partial charge is 0.495 e. The van der Waals surface area contributed by atoms with Crippen LogP contribution in [0.25, 0.3) is 0 Å². The van der Waals surface area contributed by atoms with Gasteiger partial charge in [-0.2, -0.15) is 0 Å². The molecule has 1 aliphatic heterocycles. The van der Waals surface area contributed by atoms with Crippen molar-refractivity contribution in [2.45, 2.75) is 18.9 Å². The number of carbonyl (C=O) groups is 1. The fourth-order valence-electron chi connectivity index (χ4n) is 3.61. The Hall–Kier alpha value is -2.73. The van der Waals surface area contributed by atoms with Gasteiger partial charge in [-0.05, 0) is 55.8 Å². The van der Waals surface area contributed by atoms with Crippen LogP contribution >= 0.6 is 0 Å².